The molecule has 1 heterocycles. The molecule has 150 valence electrons. The standard InChI is InChI=1S/C19H22ClN5OS.ClH/c1-25-19(22-23-24-25)27-11-5-10-21-13-16-12-17(20)8-9-18(16)26-14-15-6-3-2-4-7-15;/h2-4,6-9,12,21H,5,10-11,13-14H2,1H3;1H/p-1. The summed E-state index contributed by atoms with van der Waals surface area (Å²) in [6.07, 6.45) is 1.01. The van der Waals surface area contributed by atoms with E-state index in [9.17, 15) is 0 Å². The van der Waals surface area contributed by atoms with Crippen LogP contribution in [-0.2, 0) is 20.2 Å². The van der Waals surface area contributed by atoms with Crippen molar-refractivity contribution in [3.63, 3.8) is 0 Å². The van der Waals surface area contributed by atoms with E-state index < -0.39 is 0 Å². The van der Waals surface area contributed by atoms with E-state index in [4.69, 9.17) is 16.3 Å². The number of hydrogen-bond donors (Lipinski definition) is 1. The van der Waals surface area contributed by atoms with Crippen LogP contribution in [0, 0.1) is 0 Å². The molecule has 3 rings (SSSR count). The van der Waals surface area contributed by atoms with E-state index in [2.05, 4.69) is 33.0 Å². The summed E-state index contributed by atoms with van der Waals surface area (Å²) < 4.78 is 7.67. The highest BCUT2D eigenvalue weighted by Gasteiger charge is 2.06. The zero-order valence-corrected chi connectivity index (χ0v) is 17.8. The van der Waals surface area contributed by atoms with Crippen LogP contribution in [0.25, 0.3) is 0 Å². The maximum absolute atomic E-state index is 6.16. The maximum atomic E-state index is 6.16. The quantitative estimate of drug-likeness (QED) is 0.371. The van der Waals surface area contributed by atoms with Crippen molar-refractivity contribution in [3.8, 4) is 5.75 Å². The van der Waals surface area contributed by atoms with Gasteiger partial charge in [0.05, 0.1) is 0 Å². The maximum Gasteiger partial charge on any atom is 0.209 e. The van der Waals surface area contributed by atoms with Gasteiger partial charge >= 0.3 is 0 Å². The van der Waals surface area contributed by atoms with Gasteiger partial charge in [-0.05, 0) is 47.2 Å². The molecule has 6 nitrogen and oxygen atoms in total. The predicted octanol–water partition coefficient (Wildman–Crippen LogP) is 0.718. The smallest absolute Gasteiger partial charge is 0.209 e. The molecule has 0 radical (unpaired) electrons. The monoisotopic (exact) mass is 438 g/mol. The number of tetrazole rings is 1. The number of hydrogen-bond acceptors (Lipinski definition) is 6. The van der Waals surface area contributed by atoms with Crippen molar-refractivity contribution >= 4 is 23.4 Å². The summed E-state index contributed by atoms with van der Waals surface area (Å²) in [7, 11) is 1.84. The van der Waals surface area contributed by atoms with Gasteiger partial charge in [-0.15, -0.1) is 5.10 Å². The second-order valence-corrected chi connectivity index (χ2v) is 7.49. The molecule has 3 aromatic rings. The van der Waals surface area contributed by atoms with Crippen molar-refractivity contribution in [1.82, 2.24) is 25.5 Å². The molecular weight excluding hydrogens is 417 g/mol. The minimum atomic E-state index is 0. The Morgan fingerprint density at radius 2 is 2.00 bits per heavy atom. The Labute approximate surface area is 180 Å². The summed E-state index contributed by atoms with van der Waals surface area (Å²) in [6.45, 7) is 2.14. The molecule has 1 aromatic heterocycles. The lowest BCUT2D eigenvalue weighted by Crippen LogP contribution is -3.00. The highest BCUT2D eigenvalue weighted by atomic mass is 35.5. The molecule has 1 N–H and O–H groups in total. The van der Waals surface area contributed by atoms with E-state index in [1.165, 1.54) is 0 Å². The molecule has 9 heteroatoms. The van der Waals surface area contributed by atoms with Gasteiger partial charge in [0.15, 0.2) is 0 Å². The van der Waals surface area contributed by atoms with Gasteiger partial charge < -0.3 is 22.5 Å². The molecule has 0 unspecified atom stereocenters. The van der Waals surface area contributed by atoms with Crippen LogP contribution in [0.4, 0.5) is 0 Å². The van der Waals surface area contributed by atoms with Gasteiger partial charge in [-0.25, -0.2) is 4.68 Å². The van der Waals surface area contributed by atoms with Crippen LogP contribution in [0.3, 0.4) is 0 Å². The van der Waals surface area contributed by atoms with Gasteiger partial charge in [0, 0.05) is 29.9 Å². The van der Waals surface area contributed by atoms with E-state index in [-0.39, 0.29) is 12.4 Å². The van der Waals surface area contributed by atoms with Crippen molar-refractivity contribution in [1.29, 1.82) is 0 Å². The third kappa shape index (κ3) is 6.98. The molecule has 0 saturated heterocycles. The van der Waals surface area contributed by atoms with Crippen molar-refractivity contribution in [3.05, 3.63) is 64.7 Å². The number of nitrogens with one attached hydrogen (secondary N) is 1. The van der Waals surface area contributed by atoms with Crippen LogP contribution >= 0.6 is 23.4 Å². The second kappa shape index (κ2) is 11.9. The first kappa shape index (κ1) is 22.5. The molecule has 0 atom stereocenters. The Bertz CT molecular complexity index is 847. The zero-order chi connectivity index (χ0) is 18.9. The van der Waals surface area contributed by atoms with Crippen LogP contribution in [-0.4, -0.2) is 32.5 Å². The molecule has 0 aliphatic heterocycles. The average molecular weight is 439 g/mol. The largest absolute Gasteiger partial charge is 1.00 e. The van der Waals surface area contributed by atoms with Crippen molar-refractivity contribution < 1.29 is 17.1 Å². The average Bonchev–Trinajstić information content (AvgIpc) is 3.09. The molecule has 2 aromatic carbocycles. The molecule has 0 aliphatic rings. The summed E-state index contributed by atoms with van der Waals surface area (Å²) in [4.78, 5) is 0. The highest BCUT2D eigenvalue weighted by molar-refractivity contribution is 7.99. The summed E-state index contributed by atoms with van der Waals surface area (Å²) in [5.74, 6) is 1.81. The minimum Gasteiger partial charge on any atom is -1.00 e. The van der Waals surface area contributed by atoms with E-state index in [1.807, 2.05) is 43.4 Å². The fourth-order valence-corrected chi connectivity index (χ4v) is 3.47. The molecule has 0 spiro atoms. The van der Waals surface area contributed by atoms with Gasteiger partial charge in [0.2, 0.25) is 5.16 Å². The van der Waals surface area contributed by atoms with Gasteiger partial charge in [-0.3, -0.25) is 0 Å². The molecule has 0 saturated carbocycles. The Morgan fingerprint density at radius 1 is 1.18 bits per heavy atom. The Hall–Kier alpha value is -1.80. The second-order valence-electron chi connectivity index (χ2n) is 5.99. The topological polar surface area (TPSA) is 64.9 Å². The Morgan fingerprint density at radius 3 is 2.75 bits per heavy atom. The highest BCUT2D eigenvalue weighted by Crippen LogP contribution is 2.24. The van der Waals surface area contributed by atoms with Crippen LogP contribution < -0.4 is 22.5 Å². The summed E-state index contributed by atoms with van der Waals surface area (Å²) in [6, 6.07) is 15.9. The van der Waals surface area contributed by atoms with E-state index >= 15 is 0 Å². The number of rotatable bonds is 10. The third-order valence-corrected chi connectivity index (χ3v) is 5.22. The van der Waals surface area contributed by atoms with Crippen molar-refractivity contribution in [2.45, 2.75) is 24.7 Å². The Kier molecular flexibility index (Phi) is 9.57. The van der Waals surface area contributed by atoms with Crippen LogP contribution in [0.15, 0.2) is 53.7 Å². The lowest BCUT2D eigenvalue weighted by Gasteiger charge is -2.13. The SMILES string of the molecule is Cn1nnnc1SCCCNCc1cc(Cl)ccc1OCc1ccccc1.[Cl-]. The first-order chi connectivity index (χ1) is 13.2. The van der Waals surface area contributed by atoms with E-state index in [1.54, 1.807) is 16.4 Å². The van der Waals surface area contributed by atoms with Crippen LogP contribution in [0.5, 0.6) is 5.75 Å². The molecule has 28 heavy (non-hydrogen) atoms. The van der Waals surface area contributed by atoms with Crippen molar-refractivity contribution in [2.24, 2.45) is 7.05 Å². The van der Waals surface area contributed by atoms with Gasteiger partial charge in [-0.2, -0.15) is 0 Å². The third-order valence-electron chi connectivity index (χ3n) is 3.89. The molecule has 0 aliphatic carbocycles. The van der Waals surface area contributed by atoms with Crippen LogP contribution in [0.2, 0.25) is 5.02 Å². The molecule has 0 fully saturated rings. The number of ether oxygens (including phenoxy) is 1. The normalized spacial score (nSPS) is 10.5. The Balaban J connectivity index is 0.00000280. The fourth-order valence-electron chi connectivity index (χ4n) is 2.49. The van der Waals surface area contributed by atoms with Gasteiger partial charge in [0.1, 0.15) is 12.4 Å². The first-order valence-electron chi connectivity index (χ1n) is 8.73. The number of benzene rings is 2. The summed E-state index contributed by atoms with van der Waals surface area (Å²) >= 11 is 7.81. The summed E-state index contributed by atoms with van der Waals surface area (Å²) in [5.41, 5.74) is 2.20. The van der Waals surface area contributed by atoms with E-state index in [0.29, 0.717) is 18.2 Å². The van der Waals surface area contributed by atoms with Gasteiger partial charge in [-0.1, -0.05) is 53.7 Å². The minimum absolute atomic E-state index is 0. The first-order valence-corrected chi connectivity index (χ1v) is 10.1. The number of nitrogens with zero attached hydrogens (tertiary/aromatic N) is 4. The molecule has 0 bridgehead atoms. The van der Waals surface area contributed by atoms with E-state index in [0.717, 1.165) is 40.8 Å². The van der Waals surface area contributed by atoms with Gasteiger partial charge in [0.25, 0.3) is 0 Å². The number of aromatic nitrogens is 4. The summed E-state index contributed by atoms with van der Waals surface area (Å²) in [5, 5.41) is 16.4. The lowest BCUT2D eigenvalue weighted by molar-refractivity contribution is -0.00000594. The molecule has 0 amide bonds. The number of halogens is 2. The van der Waals surface area contributed by atoms with Crippen LogP contribution in [0.1, 0.15) is 17.5 Å². The number of aryl methyl sites for hydroxylation is 1. The molecular formula is C19H22Cl2N5OS-. The predicted molar refractivity (Wildman–Crippen MR) is 108 cm³/mol. The fraction of sp³-hybridized carbons (Fsp3) is 0.316. The zero-order valence-electron chi connectivity index (χ0n) is 15.5. The van der Waals surface area contributed by atoms with Crippen molar-refractivity contribution in [2.75, 3.05) is 12.3 Å². The lowest BCUT2D eigenvalue weighted by atomic mass is 10.2. The number of thioether (sulfide) groups is 1.